The molecule has 3 N–H and O–H groups in total. The van der Waals surface area contributed by atoms with Crippen molar-refractivity contribution < 1.29 is 27.3 Å². The number of hydrogen-bond donors (Lipinski definition) is 2. The van der Waals surface area contributed by atoms with Crippen LogP contribution in [-0.4, -0.2) is 15.8 Å². The lowest BCUT2D eigenvalue weighted by atomic mass is 10.1. The second-order valence-corrected chi connectivity index (χ2v) is 7.32. The van der Waals surface area contributed by atoms with E-state index in [9.17, 15) is 28.1 Å². The van der Waals surface area contributed by atoms with Gasteiger partial charge in [-0.3, -0.25) is 14.9 Å². The maximum absolute atomic E-state index is 13.3. The third-order valence-corrected chi connectivity index (χ3v) is 5.40. The average molecular weight is 448 g/mol. The van der Waals surface area contributed by atoms with Gasteiger partial charge in [-0.25, -0.2) is 4.98 Å². The molecule has 4 rings (SSSR count). The Morgan fingerprint density at radius 2 is 2.00 bits per heavy atom. The first kappa shape index (κ1) is 20.3. The second-order valence-electron chi connectivity index (χ2n) is 6.32. The molecule has 8 nitrogen and oxygen atoms in total. The molecular weight excluding hydrogens is 437 g/mol. The number of amides is 1. The zero-order valence-corrected chi connectivity index (χ0v) is 16.1. The molecule has 3 heterocycles. The van der Waals surface area contributed by atoms with E-state index in [1.807, 2.05) is 0 Å². The number of pyridine rings is 1. The van der Waals surface area contributed by atoms with E-state index in [2.05, 4.69) is 10.3 Å². The van der Waals surface area contributed by atoms with Crippen molar-refractivity contribution in [1.82, 2.24) is 4.98 Å². The van der Waals surface area contributed by atoms with Crippen LogP contribution in [0.25, 0.3) is 21.5 Å². The highest BCUT2D eigenvalue weighted by Gasteiger charge is 2.35. The number of non-ortho nitro benzene ring substituents is 1. The van der Waals surface area contributed by atoms with Crippen LogP contribution in [0.3, 0.4) is 0 Å². The van der Waals surface area contributed by atoms with Gasteiger partial charge >= 0.3 is 6.18 Å². The summed E-state index contributed by atoms with van der Waals surface area (Å²) in [5.74, 6) is -0.604. The number of nitrogens with two attached hydrogens (primary N) is 1. The third kappa shape index (κ3) is 3.80. The largest absolute Gasteiger partial charge is 0.464 e. The van der Waals surface area contributed by atoms with Crippen molar-refractivity contribution >= 4 is 44.5 Å². The summed E-state index contributed by atoms with van der Waals surface area (Å²) in [6.07, 6.45) is -3.42. The minimum Gasteiger partial charge on any atom is -0.464 e. The molecule has 0 saturated carbocycles. The van der Waals surface area contributed by atoms with E-state index >= 15 is 0 Å². The van der Waals surface area contributed by atoms with E-state index in [1.54, 1.807) is 0 Å². The summed E-state index contributed by atoms with van der Waals surface area (Å²) in [6.45, 7) is 0. The Morgan fingerprint density at radius 1 is 1.23 bits per heavy atom. The average Bonchev–Trinajstić information content (AvgIpc) is 3.35. The van der Waals surface area contributed by atoms with E-state index in [-0.39, 0.29) is 43.5 Å². The number of carbonyl (C=O) groups is 1. The third-order valence-electron chi connectivity index (χ3n) is 4.30. The van der Waals surface area contributed by atoms with E-state index in [4.69, 9.17) is 10.2 Å². The molecule has 0 aliphatic rings. The number of nitrogens with one attached hydrogen (secondary N) is 1. The Balaban J connectivity index is 1.82. The highest BCUT2D eigenvalue weighted by atomic mass is 32.1. The summed E-state index contributed by atoms with van der Waals surface area (Å²) in [4.78, 5) is 26.5. The topological polar surface area (TPSA) is 124 Å². The molecular formula is C19H11F3N4O4S. The Hall–Kier alpha value is -3.93. The molecule has 0 unspecified atom stereocenters. The lowest BCUT2D eigenvalue weighted by Crippen LogP contribution is -2.12. The molecule has 0 spiro atoms. The van der Waals surface area contributed by atoms with Crippen LogP contribution in [0.2, 0.25) is 0 Å². The maximum Gasteiger partial charge on any atom is 0.433 e. The van der Waals surface area contributed by atoms with Gasteiger partial charge in [0.15, 0.2) is 0 Å². The molecule has 0 saturated heterocycles. The zero-order chi connectivity index (χ0) is 22.3. The number of benzene rings is 1. The number of furan rings is 1. The molecule has 0 bridgehead atoms. The molecule has 0 fully saturated rings. The summed E-state index contributed by atoms with van der Waals surface area (Å²) < 4.78 is 45.3. The van der Waals surface area contributed by atoms with Gasteiger partial charge in [-0.05, 0) is 24.3 Å². The van der Waals surface area contributed by atoms with Crippen LogP contribution in [0.4, 0.5) is 30.2 Å². The number of rotatable bonds is 4. The Labute approximate surface area is 175 Å². The molecule has 0 atom stereocenters. The van der Waals surface area contributed by atoms with Gasteiger partial charge in [0.2, 0.25) is 0 Å². The van der Waals surface area contributed by atoms with Crippen molar-refractivity contribution in [3.63, 3.8) is 0 Å². The molecule has 0 aliphatic heterocycles. The highest BCUT2D eigenvalue weighted by molar-refractivity contribution is 7.21. The fraction of sp³-hybridized carbons (Fsp3) is 0.0526. The summed E-state index contributed by atoms with van der Waals surface area (Å²) in [5, 5.41) is 13.5. The summed E-state index contributed by atoms with van der Waals surface area (Å²) in [6, 6.07) is 9.00. The summed E-state index contributed by atoms with van der Waals surface area (Å²) in [7, 11) is 0. The van der Waals surface area contributed by atoms with Crippen LogP contribution in [0.15, 0.2) is 53.1 Å². The lowest BCUT2D eigenvalue weighted by molar-refractivity contribution is -0.384. The normalized spacial score (nSPS) is 11.6. The quantitative estimate of drug-likeness (QED) is 0.322. The van der Waals surface area contributed by atoms with Gasteiger partial charge in [-0.15, -0.1) is 11.3 Å². The molecule has 4 aromatic rings. The number of nitrogens with zero attached hydrogens (tertiary/aromatic N) is 2. The van der Waals surface area contributed by atoms with Crippen LogP contribution in [-0.2, 0) is 6.18 Å². The highest BCUT2D eigenvalue weighted by Crippen LogP contribution is 2.42. The standard InChI is InChI=1S/C19H11F3N4O4S/c20-19(21,22)13-8-11(12-5-2-6-30-12)14-15(23)16(31-18(14)25-13)17(27)24-9-3-1-4-10(7-9)26(28)29/h1-8H,23H2,(H,24,27). The number of nitrogen functional groups attached to an aromatic ring is 1. The second kappa shape index (κ2) is 7.40. The number of halogens is 3. The van der Waals surface area contributed by atoms with Gasteiger partial charge in [-0.1, -0.05) is 6.07 Å². The van der Waals surface area contributed by atoms with Gasteiger partial charge in [0, 0.05) is 28.8 Å². The van der Waals surface area contributed by atoms with Crippen molar-refractivity contribution in [2.75, 3.05) is 11.1 Å². The van der Waals surface area contributed by atoms with E-state index in [0.29, 0.717) is 11.3 Å². The predicted molar refractivity (Wildman–Crippen MR) is 108 cm³/mol. The van der Waals surface area contributed by atoms with Gasteiger partial charge in [-0.2, -0.15) is 13.2 Å². The number of alkyl halides is 3. The Morgan fingerprint density at radius 3 is 2.65 bits per heavy atom. The molecule has 1 aromatic carbocycles. The van der Waals surface area contributed by atoms with Crippen molar-refractivity contribution in [2.24, 2.45) is 0 Å². The van der Waals surface area contributed by atoms with Gasteiger partial charge in [0.1, 0.15) is 21.2 Å². The minimum absolute atomic E-state index is 0.0467. The van der Waals surface area contributed by atoms with Crippen molar-refractivity contribution in [2.45, 2.75) is 6.18 Å². The number of hydrogen-bond acceptors (Lipinski definition) is 7. The predicted octanol–water partition coefficient (Wildman–Crippen LogP) is 5.32. The number of nitro groups is 1. The molecule has 31 heavy (non-hydrogen) atoms. The Kier molecular flexibility index (Phi) is 4.85. The lowest BCUT2D eigenvalue weighted by Gasteiger charge is -2.09. The van der Waals surface area contributed by atoms with Gasteiger partial charge in [0.25, 0.3) is 11.6 Å². The van der Waals surface area contributed by atoms with Crippen molar-refractivity contribution in [3.8, 4) is 11.3 Å². The molecule has 158 valence electrons. The molecule has 0 radical (unpaired) electrons. The van der Waals surface area contributed by atoms with E-state index in [0.717, 1.165) is 12.1 Å². The van der Waals surface area contributed by atoms with Crippen molar-refractivity contribution in [3.05, 3.63) is 69.4 Å². The molecule has 1 amide bonds. The number of fused-ring (bicyclic) bond motifs is 1. The first-order chi connectivity index (χ1) is 14.6. The van der Waals surface area contributed by atoms with E-state index in [1.165, 1.54) is 36.6 Å². The number of carbonyl (C=O) groups excluding carboxylic acids is 1. The van der Waals surface area contributed by atoms with Crippen LogP contribution in [0.1, 0.15) is 15.4 Å². The van der Waals surface area contributed by atoms with Crippen LogP contribution in [0, 0.1) is 10.1 Å². The maximum atomic E-state index is 13.3. The first-order valence-electron chi connectivity index (χ1n) is 8.55. The summed E-state index contributed by atoms with van der Waals surface area (Å²) in [5.41, 5.74) is 4.83. The van der Waals surface area contributed by atoms with Crippen LogP contribution < -0.4 is 11.1 Å². The summed E-state index contributed by atoms with van der Waals surface area (Å²) >= 11 is 0.680. The minimum atomic E-state index is -4.72. The molecule has 3 aromatic heterocycles. The first-order valence-corrected chi connectivity index (χ1v) is 9.36. The number of nitro benzene ring substituents is 1. The zero-order valence-electron chi connectivity index (χ0n) is 15.3. The SMILES string of the molecule is Nc1c(C(=O)Nc2cccc([N+](=O)[O-])c2)sc2nc(C(F)(F)F)cc(-c3ccco3)c12. The number of thiophene rings is 1. The van der Waals surface area contributed by atoms with Crippen LogP contribution in [0.5, 0.6) is 0 Å². The number of aromatic nitrogens is 1. The van der Waals surface area contributed by atoms with Crippen LogP contribution >= 0.6 is 11.3 Å². The van der Waals surface area contributed by atoms with Gasteiger partial charge < -0.3 is 15.5 Å². The van der Waals surface area contributed by atoms with Gasteiger partial charge in [0.05, 0.1) is 16.9 Å². The van der Waals surface area contributed by atoms with Crippen molar-refractivity contribution in [1.29, 1.82) is 0 Å². The fourth-order valence-corrected chi connectivity index (χ4v) is 3.96. The molecule has 0 aliphatic carbocycles. The monoisotopic (exact) mass is 448 g/mol. The number of anilines is 2. The fourth-order valence-electron chi connectivity index (χ4n) is 2.95. The Bertz CT molecular complexity index is 1320. The van der Waals surface area contributed by atoms with E-state index < -0.39 is 22.7 Å². The molecule has 12 heteroatoms. The smallest absolute Gasteiger partial charge is 0.433 e.